The summed E-state index contributed by atoms with van der Waals surface area (Å²) in [5.74, 6) is -0.569. The molecule has 0 aliphatic carbocycles. The first-order valence-corrected chi connectivity index (χ1v) is 10.6. The molecule has 3 heterocycles. The Morgan fingerprint density at radius 1 is 0.886 bits per heavy atom. The van der Waals surface area contributed by atoms with Crippen LogP contribution in [0.2, 0.25) is 0 Å². The van der Waals surface area contributed by atoms with Gasteiger partial charge in [0.15, 0.2) is 0 Å². The first-order valence-electron chi connectivity index (χ1n) is 10.6. The molecule has 0 spiro atoms. The van der Waals surface area contributed by atoms with Gasteiger partial charge >= 0.3 is 6.18 Å². The molecule has 0 aliphatic rings. The topological polar surface area (TPSA) is 69.9 Å². The molecule has 0 bridgehead atoms. The maximum atomic E-state index is 13.3. The Kier molecular flexibility index (Phi) is 5.56. The number of benzene rings is 2. The van der Waals surface area contributed by atoms with Crippen molar-refractivity contribution in [3.8, 4) is 28.6 Å². The Morgan fingerprint density at radius 2 is 1.63 bits per heavy atom. The van der Waals surface area contributed by atoms with E-state index in [-0.39, 0.29) is 11.1 Å². The van der Waals surface area contributed by atoms with Crippen molar-refractivity contribution in [1.29, 1.82) is 0 Å². The van der Waals surface area contributed by atoms with Gasteiger partial charge in [-0.3, -0.25) is 14.3 Å². The van der Waals surface area contributed by atoms with E-state index in [1.807, 2.05) is 38.2 Å². The van der Waals surface area contributed by atoms with Gasteiger partial charge in [0.1, 0.15) is 25.5 Å². The Balaban J connectivity index is 1.62. The molecule has 3 aromatic heterocycles. The molecule has 5 aromatic rings. The molecule has 0 amide bonds. The lowest BCUT2D eigenvalue weighted by Gasteiger charge is -2.15. The van der Waals surface area contributed by atoms with Crippen LogP contribution in [0, 0.1) is 0 Å². The van der Waals surface area contributed by atoms with Crippen LogP contribution in [0.15, 0.2) is 90.2 Å². The minimum atomic E-state index is -4.64. The van der Waals surface area contributed by atoms with Crippen LogP contribution in [0.1, 0.15) is 5.56 Å². The van der Waals surface area contributed by atoms with E-state index in [1.54, 1.807) is 22.9 Å². The summed E-state index contributed by atoms with van der Waals surface area (Å²) in [5, 5.41) is 0.174. The maximum Gasteiger partial charge on any atom is 0.421 e. The highest BCUT2D eigenvalue weighted by atomic mass is 19.4. The number of alkyl halides is 3. The molecule has 0 radical (unpaired) electrons. The van der Waals surface area contributed by atoms with E-state index in [0.717, 1.165) is 17.1 Å². The fourth-order valence-corrected chi connectivity index (χ4v) is 3.72. The minimum absolute atomic E-state index is 0.0308. The Bertz CT molecular complexity index is 1600. The van der Waals surface area contributed by atoms with Crippen LogP contribution in [0.3, 0.4) is 0 Å². The standard InChI is InChI=1S/C25H16BF3N4O2/c26-16-7-5-15(6-8-16)22-21(4-2-11-30-22)33-14-32-23(34)18-13-17(9-10-20(18)33)35-24-19(25(27,28)29)3-1-12-31-24/h1-14H,26H2. The maximum absolute atomic E-state index is 13.3. The second-order valence-electron chi connectivity index (χ2n) is 7.79. The van der Waals surface area contributed by atoms with Crippen LogP contribution in [0.25, 0.3) is 27.8 Å². The first kappa shape index (κ1) is 22.3. The number of fused-ring (bicyclic) bond motifs is 1. The van der Waals surface area contributed by atoms with E-state index in [0.29, 0.717) is 16.9 Å². The Labute approximate surface area is 198 Å². The van der Waals surface area contributed by atoms with Gasteiger partial charge < -0.3 is 4.74 Å². The molecule has 5 rings (SSSR count). The van der Waals surface area contributed by atoms with Crippen molar-refractivity contribution in [2.45, 2.75) is 6.18 Å². The van der Waals surface area contributed by atoms with Gasteiger partial charge in [0, 0.05) is 18.0 Å². The smallest absolute Gasteiger partial charge is 0.421 e. The molecular formula is C25H16BF3N4O2. The number of ether oxygens (including phenoxy) is 1. The van der Waals surface area contributed by atoms with Crippen molar-refractivity contribution in [2.75, 3.05) is 0 Å². The zero-order valence-corrected chi connectivity index (χ0v) is 18.3. The molecule has 0 atom stereocenters. The fourth-order valence-electron chi connectivity index (χ4n) is 3.72. The van der Waals surface area contributed by atoms with Gasteiger partial charge in [-0.1, -0.05) is 29.7 Å². The van der Waals surface area contributed by atoms with Crippen LogP contribution in [0.5, 0.6) is 11.6 Å². The van der Waals surface area contributed by atoms with Crippen molar-refractivity contribution >= 4 is 24.2 Å². The first-order chi connectivity index (χ1) is 16.8. The number of hydrogen-bond donors (Lipinski definition) is 0. The number of aromatic nitrogens is 4. The van der Waals surface area contributed by atoms with Crippen LogP contribution in [-0.2, 0) is 6.18 Å². The molecule has 0 N–H and O–H groups in total. The van der Waals surface area contributed by atoms with Gasteiger partial charge in [0.25, 0.3) is 5.56 Å². The molecule has 10 heteroatoms. The van der Waals surface area contributed by atoms with Gasteiger partial charge in [-0.25, -0.2) is 4.98 Å². The van der Waals surface area contributed by atoms with Crippen LogP contribution < -0.4 is 15.8 Å². The molecule has 0 saturated heterocycles. The van der Waals surface area contributed by atoms with Crippen LogP contribution >= 0.6 is 0 Å². The van der Waals surface area contributed by atoms with Crippen molar-refractivity contribution in [3.63, 3.8) is 0 Å². The minimum Gasteiger partial charge on any atom is -0.438 e. The number of hydrogen-bond acceptors (Lipinski definition) is 5. The lowest BCUT2D eigenvalue weighted by molar-refractivity contribution is -0.138. The van der Waals surface area contributed by atoms with E-state index in [4.69, 9.17) is 4.74 Å². The Hall–Kier alpha value is -4.47. The molecule has 6 nitrogen and oxygen atoms in total. The van der Waals surface area contributed by atoms with Gasteiger partial charge in [-0.15, -0.1) is 0 Å². The lowest BCUT2D eigenvalue weighted by Crippen LogP contribution is -2.13. The summed E-state index contributed by atoms with van der Waals surface area (Å²) in [6.07, 6.45) is -0.356. The molecule has 0 fully saturated rings. The molecule has 0 saturated carbocycles. The van der Waals surface area contributed by atoms with Gasteiger partial charge in [0.05, 0.1) is 22.3 Å². The molecule has 35 heavy (non-hydrogen) atoms. The fraction of sp³-hybridized carbons (Fsp3) is 0.0400. The molecular weight excluding hydrogens is 456 g/mol. The summed E-state index contributed by atoms with van der Waals surface area (Å²) in [7, 11) is 1.99. The lowest BCUT2D eigenvalue weighted by atomic mass is 9.94. The summed E-state index contributed by atoms with van der Waals surface area (Å²) in [6, 6.07) is 18.0. The normalized spacial score (nSPS) is 11.5. The van der Waals surface area contributed by atoms with Crippen molar-refractivity contribution < 1.29 is 17.9 Å². The molecule has 0 aliphatic heterocycles. The third kappa shape index (κ3) is 4.38. The summed E-state index contributed by atoms with van der Waals surface area (Å²) < 4.78 is 47.1. The predicted octanol–water partition coefficient (Wildman–Crippen LogP) is 3.91. The Morgan fingerprint density at radius 3 is 2.40 bits per heavy atom. The molecule has 0 unspecified atom stereocenters. The van der Waals surface area contributed by atoms with E-state index < -0.39 is 23.2 Å². The average molecular weight is 472 g/mol. The SMILES string of the molecule is Bc1ccc(-c2ncccc2-n2cnc(=O)c3cc(Oc4ncccc4C(F)(F)F)ccc32)cc1. The average Bonchev–Trinajstić information content (AvgIpc) is 2.85. The van der Waals surface area contributed by atoms with Crippen LogP contribution in [-0.4, -0.2) is 27.4 Å². The van der Waals surface area contributed by atoms with Crippen LogP contribution in [0.4, 0.5) is 13.2 Å². The van der Waals surface area contributed by atoms with E-state index in [1.165, 1.54) is 30.7 Å². The zero-order chi connectivity index (χ0) is 24.6. The van der Waals surface area contributed by atoms with E-state index in [2.05, 4.69) is 15.0 Å². The molecule has 172 valence electrons. The number of pyridine rings is 2. The zero-order valence-electron chi connectivity index (χ0n) is 18.3. The highest BCUT2D eigenvalue weighted by molar-refractivity contribution is 6.32. The number of halogens is 3. The third-order valence-corrected chi connectivity index (χ3v) is 5.41. The van der Waals surface area contributed by atoms with E-state index >= 15 is 0 Å². The van der Waals surface area contributed by atoms with Crippen molar-refractivity contribution in [3.05, 3.63) is 101 Å². The highest BCUT2D eigenvalue weighted by Gasteiger charge is 2.35. The summed E-state index contributed by atoms with van der Waals surface area (Å²) >= 11 is 0. The largest absolute Gasteiger partial charge is 0.438 e. The van der Waals surface area contributed by atoms with Gasteiger partial charge in [-0.05, 0) is 42.5 Å². The van der Waals surface area contributed by atoms with Crippen molar-refractivity contribution in [1.82, 2.24) is 19.5 Å². The number of rotatable bonds is 4. The van der Waals surface area contributed by atoms with Gasteiger partial charge in [-0.2, -0.15) is 18.2 Å². The second-order valence-corrected chi connectivity index (χ2v) is 7.79. The number of nitrogens with zero attached hydrogens (tertiary/aromatic N) is 4. The second kappa shape index (κ2) is 8.71. The predicted molar refractivity (Wildman–Crippen MR) is 128 cm³/mol. The summed E-state index contributed by atoms with van der Waals surface area (Å²) in [4.78, 5) is 24.8. The highest BCUT2D eigenvalue weighted by Crippen LogP contribution is 2.37. The molecule has 2 aromatic carbocycles. The quantitative estimate of drug-likeness (QED) is 0.371. The third-order valence-electron chi connectivity index (χ3n) is 5.41. The van der Waals surface area contributed by atoms with E-state index in [9.17, 15) is 18.0 Å². The van der Waals surface area contributed by atoms with Crippen molar-refractivity contribution in [2.24, 2.45) is 0 Å². The van der Waals surface area contributed by atoms with Gasteiger partial charge in [0.2, 0.25) is 5.88 Å². The monoisotopic (exact) mass is 472 g/mol. The summed E-state index contributed by atoms with van der Waals surface area (Å²) in [5.41, 5.74) is 2.30. The summed E-state index contributed by atoms with van der Waals surface area (Å²) in [6.45, 7) is 0.